The second-order valence-electron chi connectivity index (χ2n) is 2.74. The van der Waals surface area contributed by atoms with Crippen molar-refractivity contribution in [2.75, 3.05) is 0 Å². The molecule has 12 heavy (non-hydrogen) atoms. The Bertz CT molecular complexity index is 219. The molecule has 1 rings (SSSR count). The molecule has 68 valence electrons. The molecule has 0 spiro atoms. The van der Waals surface area contributed by atoms with Gasteiger partial charge in [-0.2, -0.15) is 0 Å². The van der Waals surface area contributed by atoms with Gasteiger partial charge in [-0.3, -0.25) is 9.97 Å². The van der Waals surface area contributed by atoms with Gasteiger partial charge in [0, 0.05) is 12.4 Å². The minimum absolute atomic E-state index is 0.479. The van der Waals surface area contributed by atoms with Gasteiger partial charge in [-0.1, -0.05) is 27.7 Å². The highest BCUT2D eigenvalue weighted by atomic mass is 14.8. The zero-order valence-corrected chi connectivity index (χ0v) is 8.63. The van der Waals surface area contributed by atoms with Crippen LogP contribution in [0, 0.1) is 6.92 Å². The topological polar surface area (TPSA) is 25.8 Å². The van der Waals surface area contributed by atoms with Crippen molar-refractivity contribution < 1.29 is 0 Å². The highest BCUT2D eigenvalue weighted by molar-refractivity contribution is 5.04. The van der Waals surface area contributed by atoms with E-state index >= 15 is 0 Å². The van der Waals surface area contributed by atoms with Crippen LogP contribution in [0.3, 0.4) is 0 Å². The Morgan fingerprint density at radius 3 is 2.08 bits per heavy atom. The molecule has 0 saturated carbocycles. The summed E-state index contributed by atoms with van der Waals surface area (Å²) in [5.74, 6) is 0.479. The van der Waals surface area contributed by atoms with Gasteiger partial charge in [0.25, 0.3) is 0 Å². The number of rotatable bonds is 1. The van der Waals surface area contributed by atoms with Crippen molar-refractivity contribution in [3.05, 3.63) is 23.8 Å². The third kappa shape index (κ3) is 3.46. The first-order valence-electron chi connectivity index (χ1n) is 4.48. The van der Waals surface area contributed by atoms with Crippen LogP contribution in [0.5, 0.6) is 0 Å². The van der Waals surface area contributed by atoms with Crippen LogP contribution in [0.15, 0.2) is 12.4 Å². The second kappa shape index (κ2) is 5.70. The summed E-state index contributed by atoms with van der Waals surface area (Å²) in [5, 5.41) is 0. The maximum atomic E-state index is 4.31. The van der Waals surface area contributed by atoms with Crippen LogP contribution < -0.4 is 0 Å². The minimum atomic E-state index is 0.479. The zero-order chi connectivity index (χ0) is 9.56. The van der Waals surface area contributed by atoms with E-state index in [1.807, 2.05) is 27.0 Å². The summed E-state index contributed by atoms with van der Waals surface area (Å²) in [6.45, 7) is 10.2. The van der Waals surface area contributed by atoms with Crippen molar-refractivity contribution in [1.29, 1.82) is 0 Å². The second-order valence-corrected chi connectivity index (χ2v) is 2.74. The van der Waals surface area contributed by atoms with Crippen LogP contribution >= 0.6 is 0 Å². The number of nitrogens with zero attached hydrogens (tertiary/aromatic N) is 2. The average molecular weight is 166 g/mol. The molecule has 2 heteroatoms. The summed E-state index contributed by atoms with van der Waals surface area (Å²) < 4.78 is 0. The molecule has 0 aromatic carbocycles. The van der Waals surface area contributed by atoms with E-state index in [-0.39, 0.29) is 0 Å². The third-order valence-corrected chi connectivity index (χ3v) is 1.37. The van der Waals surface area contributed by atoms with Gasteiger partial charge in [0.05, 0.1) is 11.4 Å². The Labute approximate surface area is 75.1 Å². The summed E-state index contributed by atoms with van der Waals surface area (Å²) in [6, 6.07) is 0. The molecule has 0 aliphatic carbocycles. The lowest BCUT2D eigenvalue weighted by Crippen LogP contribution is -1.94. The maximum absolute atomic E-state index is 4.31. The number of hydrogen-bond donors (Lipinski definition) is 0. The summed E-state index contributed by atoms with van der Waals surface area (Å²) >= 11 is 0. The van der Waals surface area contributed by atoms with Gasteiger partial charge in [0.1, 0.15) is 0 Å². The molecular weight excluding hydrogens is 148 g/mol. The van der Waals surface area contributed by atoms with Crippen LogP contribution in [0.1, 0.15) is 45.0 Å². The van der Waals surface area contributed by atoms with Crippen molar-refractivity contribution in [1.82, 2.24) is 9.97 Å². The SMILES string of the molecule is CC.Cc1cncc(C(C)C)n1. The first-order valence-corrected chi connectivity index (χ1v) is 4.48. The fourth-order valence-corrected chi connectivity index (χ4v) is 0.761. The molecule has 0 radical (unpaired) electrons. The fourth-order valence-electron chi connectivity index (χ4n) is 0.761. The molecule has 0 N–H and O–H groups in total. The van der Waals surface area contributed by atoms with Gasteiger partial charge in [-0.05, 0) is 12.8 Å². The predicted octanol–water partition coefficient (Wildman–Crippen LogP) is 2.93. The summed E-state index contributed by atoms with van der Waals surface area (Å²) in [7, 11) is 0. The first kappa shape index (κ1) is 11.1. The highest BCUT2D eigenvalue weighted by Gasteiger charge is 1.99. The van der Waals surface area contributed by atoms with Crippen molar-refractivity contribution in [3.8, 4) is 0 Å². The van der Waals surface area contributed by atoms with E-state index in [4.69, 9.17) is 0 Å². The first-order chi connectivity index (χ1) is 5.70. The highest BCUT2D eigenvalue weighted by Crippen LogP contribution is 2.08. The van der Waals surface area contributed by atoms with Gasteiger partial charge < -0.3 is 0 Å². The standard InChI is InChI=1S/C8H12N2.C2H6/c1-6(2)8-5-9-4-7(3)10-8;1-2/h4-6H,1-3H3;1-2H3. The van der Waals surface area contributed by atoms with Crippen LogP contribution in [0.2, 0.25) is 0 Å². The smallest absolute Gasteiger partial charge is 0.0615 e. The lowest BCUT2D eigenvalue weighted by atomic mass is 10.1. The van der Waals surface area contributed by atoms with Gasteiger partial charge in [-0.25, -0.2) is 0 Å². The molecule has 0 saturated heterocycles. The number of hydrogen-bond acceptors (Lipinski definition) is 2. The molecule has 0 fully saturated rings. The van der Waals surface area contributed by atoms with Crippen molar-refractivity contribution in [2.45, 2.75) is 40.5 Å². The summed E-state index contributed by atoms with van der Waals surface area (Å²) in [6.07, 6.45) is 3.59. The zero-order valence-electron chi connectivity index (χ0n) is 8.63. The van der Waals surface area contributed by atoms with E-state index in [9.17, 15) is 0 Å². The molecule has 0 aliphatic heterocycles. The predicted molar refractivity (Wildman–Crippen MR) is 52.2 cm³/mol. The van der Waals surface area contributed by atoms with E-state index in [1.165, 1.54) is 0 Å². The van der Waals surface area contributed by atoms with Crippen molar-refractivity contribution in [2.24, 2.45) is 0 Å². The van der Waals surface area contributed by atoms with E-state index in [0.29, 0.717) is 5.92 Å². The number of aromatic nitrogens is 2. The Hall–Kier alpha value is -0.920. The molecule has 0 atom stereocenters. The normalized spacial score (nSPS) is 9.17. The lowest BCUT2D eigenvalue weighted by Gasteiger charge is -2.02. The van der Waals surface area contributed by atoms with Crippen LogP contribution in [-0.2, 0) is 0 Å². The molecule has 1 heterocycles. The molecule has 0 unspecified atom stereocenters. The summed E-state index contributed by atoms with van der Waals surface area (Å²) in [4.78, 5) is 8.35. The lowest BCUT2D eigenvalue weighted by molar-refractivity contribution is 0.803. The van der Waals surface area contributed by atoms with Gasteiger partial charge in [-0.15, -0.1) is 0 Å². The molecule has 0 bridgehead atoms. The molecule has 0 amide bonds. The Balaban J connectivity index is 0.000000561. The number of aryl methyl sites for hydroxylation is 1. The summed E-state index contributed by atoms with van der Waals surface area (Å²) in [5.41, 5.74) is 2.06. The largest absolute Gasteiger partial charge is 0.261 e. The molecular formula is C10H18N2. The Morgan fingerprint density at radius 2 is 1.75 bits per heavy atom. The van der Waals surface area contributed by atoms with E-state index in [1.54, 1.807) is 6.20 Å². The van der Waals surface area contributed by atoms with E-state index < -0.39 is 0 Å². The third-order valence-electron chi connectivity index (χ3n) is 1.37. The van der Waals surface area contributed by atoms with E-state index in [0.717, 1.165) is 11.4 Å². The molecule has 1 aromatic heterocycles. The van der Waals surface area contributed by atoms with Gasteiger partial charge in [0.15, 0.2) is 0 Å². The fraction of sp³-hybridized carbons (Fsp3) is 0.600. The molecule has 0 aliphatic rings. The molecule has 2 nitrogen and oxygen atoms in total. The Kier molecular flexibility index (Phi) is 5.26. The van der Waals surface area contributed by atoms with Crippen LogP contribution in [-0.4, -0.2) is 9.97 Å². The minimum Gasteiger partial charge on any atom is -0.261 e. The van der Waals surface area contributed by atoms with Crippen molar-refractivity contribution in [3.63, 3.8) is 0 Å². The van der Waals surface area contributed by atoms with Crippen LogP contribution in [0.4, 0.5) is 0 Å². The average Bonchev–Trinajstić information content (AvgIpc) is 2.08. The van der Waals surface area contributed by atoms with E-state index in [2.05, 4.69) is 23.8 Å². The van der Waals surface area contributed by atoms with Gasteiger partial charge >= 0.3 is 0 Å². The van der Waals surface area contributed by atoms with Gasteiger partial charge in [0.2, 0.25) is 0 Å². The maximum Gasteiger partial charge on any atom is 0.0615 e. The quantitative estimate of drug-likeness (QED) is 0.641. The van der Waals surface area contributed by atoms with Crippen LogP contribution in [0.25, 0.3) is 0 Å². The monoisotopic (exact) mass is 166 g/mol. The Morgan fingerprint density at radius 1 is 1.17 bits per heavy atom. The molecule has 1 aromatic rings. The van der Waals surface area contributed by atoms with Crippen molar-refractivity contribution >= 4 is 0 Å².